The molecule has 0 aliphatic carbocycles. The summed E-state index contributed by atoms with van der Waals surface area (Å²) in [5.41, 5.74) is 4.83. The van der Waals surface area contributed by atoms with E-state index in [0.29, 0.717) is 52.4 Å². The molecular formula is C43H46ClN5O8. The topological polar surface area (TPSA) is 177 Å². The largest absolute Gasteiger partial charge is 0.506 e. The van der Waals surface area contributed by atoms with Crippen molar-refractivity contribution in [3.63, 3.8) is 0 Å². The summed E-state index contributed by atoms with van der Waals surface area (Å²) in [7, 11) is 1.50. The lowest BCUT2D eigenvalue weighted by Gasteiger charge is -2.48. The van der Waals surface area contributed by atoms with Crippen LogP contribution in [0, 0.1) is 5.92 Å². The van der Waals surface area contributed by atoms with E-state index in [1.165, 1.54) is 19.2 Å². The average Bonchev–Trinajstić information content (AvgIpc) is 3.21. The lowest BCUT2D eigenvalue weighted by molar-refractivity contribution is 0.0837. The summed E-state index contributed by atoms with van der Waals surface area (Å²) in [4.78, 5) is 44.0. The molecule has 2 amide bonds. The number of aryl methyl sites for hydroxylation is 1. The highest BCUT2D eigenvalue weighted by molar-refractivity contribution is 6.33. The van der Waals surface area contributed by atoms with E-state index >= 15 is 0 Å². The van der Waals surface area contributed by atoms with E-state index in [9.17, 15) is 29.7 Å². The van der Waals surface area contributed by atoms with E-state index < -0.39 is 18.3 Å². The predicted molar refractivity (Wildman–Crippen MR) is 220 cm³/mol. The molecule has 3 saturated heterocycles. The number of phenolic OH excluding ortho intramolecular Hbond substituents is 1. The average molecular weight is 796 g/mol. The number of nitrogens with zero attached hydrogens (tertiary/aromatic N) is 2. The van der Waals surface area contributed by atoms with Gasteiger partial charge in [0.05, 0.1) is 47.8 Å². The SMILES string of the molecule is COc1cc(NC(=O)OCCCc2ccc(-c3ccccc3)c(N(C(=O)O)[C@H]3CN4CCC3CC4)c2)c(Cl)cc1CNCC(O)c1ccc(O)c2[nH]c(=O)ccc12. The zero-order valence-corrected chi connectivity index (χ0v) is 32.3. The molecule has 2 atom stereocenters. The third-order valence-corrected chi connectivity index (χ3v) is 11.2. The van der Waals surface area contributed by atoms with E-state index in [4.69, 9.17) is 21.1 Å². The number of rotatable bonds is 14. The van der Waals surface area contributed by atoms with Crippen LogP contribution in [-0.4, -0.2) is 83.3 Å². The smallest absolute Gasteiger partial charge is 0.412 e. The van der Waals surface area contributed by atoms with E-state index in [-0.39, 0.29) is 47.6 Å². The molecule has 1 aromatic heterocycles. The van der Waals surface area contributed by atoms with E-state index in [1.54, 1.807) is 29.2 Å². The van der Waals surface area contributed by atoms with Crippen LogP contribution in [-0.2, 0) is 17.7 Å². The van der Waals surface area contributed by atoms with Crippen molar-refractivity contribution in [3.8, 4) is 22.6 Å². The molecule has 4 heterocycles. The predicted octanol–water partition coefficient (Wildman–Crippen LogP) is 7.15. The third kappa shape index (κ3) is 9.02. The number of methoxy groups -OCH3 is 1. The van der Waals surface area contributed by atoms with Crippen LogP contribution < -0.4 is 25.8 Å². The lowest BCUT2D eigenvalue weighted by atomic mass is 9.82. The second-order valence-corrected chi connectivity index (χ2v) is 14.9. The number of aromatic hydroxyl groups is 1. The maximum atomic E-state index is 12.9. The first kappa shape index (κ1) is 39.6. The summed E-state index contributed by atoms with van der Waals surface area (Å²) in [6.07, 6.45) is 0.460. The number of anilines is 2. The number of fused-ring (bicyclic) bond motifs is 4. The van der Waals surface area contributed by atoms with Crippen molar-refractivity contribution in [2.45, 2.75) is 44.4 Å². The highest BCUT2D eigenvalue weighted by Gasteiger charge is 2.41. The molecule has 14 heteroatoms. The molecule has 0 radical (unpaired) electrons. The standard InChI is InChI=1S/C43H46ClN5O8/c1-56-39-22-34(33(44)21-29(39)23-45-24-38(51)31-11-13-37(50)41-32(31)12-14-40(52)47-41)46-42(53)57-19-5-6-26-9-10-30(27-7-3-2-4-8-27)35(20-26)49(43(54)55)36-25-48-17-15-28(36)16-18-48/h2-4,7-14,20-22,28,36,38,45,50-51H,5-6,15-19,23-25H2,1H3,(H,46,53)(H,47,52)(H,54,55)/t36-,38?/m0/s1. The van der Waals surface area contributed by atoms with Crippen molar-refractivity contribution in [3.05, 3.63) is 117 Å². The Bertz CT molecular complexity index is 2300. The second-order valence-electron chi connectivity index (χ2n) is 14.5. The van der Waals surface area contributed by atoms with Crippen molar-refractivity contribution in [1.82, 2.24) is 15.2 Å². The first-order valence-corrected chi connectivity index (χ1v) is 19.4. The van der Waals surface area contributed by atoms with Crippen LogP contribution in [0.5, 0.6) is 11.5 Å². The van der Waals surface area contributed by atoms with Crippen molar-refractivity contribution in [1.29, 1.82) is 0 Å². The minimum Gasteiger partial charge on any atom is -0.506 e. The van der Waals surface area contributed by atoms with Crippen molar-refractivity contribution < 1.29 is 34.4 Å². The molecule has 3 aliphatic heterocycles. The number of ether oxygens (including phenoxy) is 2. The van der Waals surface area contributed by atoms with Crippen molar-refractivity contribution in [2.24, 2.45) is 5.92 Å². The van der Waals surface area contributed by atoms with Crippen molar-refractivity contribution in [2.75, 3.05) is 50.1 Å². The van der Waals surface area contributed by atoms with Crippen LogP contribution >= 0.6 is 11.6 Å². The van der Waals surface area contributed by atoms with Gasteiger partial charge in [0.15, 0.2) is 0 Å². The molecule has 298 valence electrons. The number of pyridine rings is 1. The molecule has 0 saturated carbocycles. The maximum Gasteiger partial charge on any atom is 0.412 e. The first-order chi connectivity index (χ1) is 27.6. The lowest BCUT2D eigenvalue weighted by Crippen LogP contribution is -2.59. The summed E-state index contributed by atoms with van der Waals surface area (Å²) in [5, 5.41) is 38.3. The zero-order chi connectivity index (χ0) is 40.1. The third-order valence-electron chi connectivity index (χ3n) is 10.9. The molecular weight excluding hydrogens is 750 g/mol. The minimum atomic E-state index is -0.957. The van der Waals surface area contributed by atoms with E-state index in [0.717, 1.165) is 49.2 Å². The summed E-state index contributed by atoms with van der Waals surface area (Å²) in [6, 6.07) is 24.8. The highest BCUT2D eigenvalue weighted by atomic mass is 35.5. The van der Waals surface area contributed by atoms with Crippen LogP contribution in [0.4, 0.5) is 21.0 Å². The fourth-order valence-corrected chi connectivity index (χ4v) is 8.29. The number of aromatic amines is 1. The van der Waals surface area contributed by atoms with Gasteiger partial charge < -0.3 is 40.0 Å². The van der Waals surface area contributed by atoms with Gasteiger partial charge in [0.1, 0.15) is 11.5 Å². The van der Waals surface area contributed by atoms with Gasteiger partial charge in [0.2, 0.25) is 5.56 Å². The molecule has 5 aromatic rings. The van der Waals surface area contributed by atoms with Gasteiger partial charge in [0, 0.05) is 48.3 Å². The number of piperidine rings is 3. The molecule has 8 rings (SSSR count). The molecule has 13 nitrogen and oxygen atoms in total. The Hall–Kier alpha value is -5.60. The van der Waals surface area contributed by atoms with Crippen LogP contribution in [0.25, 0.3) is 22.0 Å². The van der Waals surface area contributed by atoms with Gasteiger partial charge in [-0.2, -0.15) is 0 Å². The Kier molecular flexibility index (Phi) is 12.3. The Morgan fingerprint density at radius 1 is 1.04 bits per heavy atom. The Labute approximate surface area is 334 Å². The molecule has 4 aromatic carbocycles. The molecule has 2 bridgehead atoms. The molecule has 57 heavy (non-hydrogen) atoms. The van der Waals surface area contributed by atoms with Gasteiger partial charge in [-0.1, -0.05) is 60.1 Å². The fraction of sp³-hybridized carbons (Fsp3) is 0.326. The number of halogens is 1. The number of amides is 2. The molecule has 1 unspecified atom stereocenters. The Morgan fingerprint density at radius 3 is 2.54 bits per heavy atom. The number of hydrogen-bond donors (Lipinski definition) is 6. The van der Waals surface area contributed by atoms with Gasteiger partial charge in [0.25, 0.3) is 0 Å². The minimum absolute atomic E-state index is 0.0901. The molecule has 3 fully saturated rings. The summed E-state index contributed by atoms with van der Waals surface area (Å²) in [6.45, 7) is 3.28. The number of carbonyl (C=O) groups is 2. The number of aliphatic hydroxyl groups excluding tert-OH is 1. The quantitative estimate of drug-likeness (QED) is 0.0634. The number of hydrogen-bond acceptors (Lipinski definition) is 9. The highest BCUT2D eigenvalue weighted by Crippen LogP contribution is 2.39. The molecule has 3 aliphatic rings. The van der Waals surface area contributed by atoms with Crippen LogP contribution in [0.1, 0.15) is 42.1 Å². The molecule has 0 spiro atoms. The molecule has 6 N–H and O–H groups in total. The Morgan fingerprint density at radius 2 is 1.82 bits per heavy atom. The number of phenols is 1. The maximum absolute atomic E-state index is 12.9. The number of aliphatic hydroxyl groups is 1. The number of carbonyl (C=O) groups excluding carboxylic acids is 1. The van der Waals surface area contributed by atoms with Crippen molar-refractivity contribution >= 4 is 46.1 Å². The number of carboxylic acid groups (broad SMARTS) is 1. The van der Waals surface area contributed by atoms with Gasteiger partial charge in [-0.05, 0) is 85.6 Å². The summed E-state index contributed by atoms with van der Waals surface area (Å²) >= 11 is 6.57. The number of H-pyrrole nitrogens is 1. The second kappa shape index (κ2) is 17.7. The normalized spacial score (nSPS) is 17.9. The van der Waals surface area contributed by atoms with Gasteiger partial charge in [-0.3, -0.25) is 15.0 Å². The van der Waals surface area contributed by atoms with Gasteiger partial charge in [-0.15, -0.1) is 0 Å². The summed E-state index contributed by atoms with van der Waals surface area (Å²) < 4.78 is 11.1. The van der Waals surface area contributed by atoms with Gasteiger partial charge >= 0.3 is 12.2 Å². The number of aromatic nitrogens is 1. The van der Waals surface area contributed by atoms with Crippen LogP contribution in [0.2, 0.25) is 5.02 Å². The number of nitrogens with one attached hydrogen (secondary N) is 3. The van der Waals surface area contributed by atoms with E-state index in [2.05, 4.69) is 20.5 Å². The zero-order valence-electron chi connectivity index (χ0n) is 31.5. The van der Waals surface area contributed by atoms with E-state index in [1.807, 2.05) is 48.5 Å². The van der Waals surface area contributed by atoms with Crippen LogP contribution in [0.15, 0.2) is 89.7 Å². The summed E-state index contributed by atoms with van der Waals surface area (Å²) in [5.74, 6) is 0.681. The monoisotopic (exact) mass is 795 g/mol. The first-order valence-electron chi connectivity index (χ1n) is 19.1. The van der Waals surface area contributed by atoms with Gasteiger partial charge in [-0.25, -0.2) is 9.59 Å². The fourth-order valence-electron chi connectivity index (χ4n) is 8.05. The Balaban J connectivity index is 0.951. The van der Waals surface area contributed by atoms with Crippen LogP contribution in [0.3, 0.4) is 0 Å². The number of benzene rings is 4.